The summed E-state index contributed by atoms with van der Waals surface area (Å²) in [6, 6.07) is 0. The van der Waals surface area contributed by atoms with E-state index in [1.165, 1.54) is 0 Å². The average molecular weight is 232 g/mol. The quantitative estimate of drug-likeness (QED) is 0.429. The zero-order valence-corrected chi connectivity index (χ0v) is 7.13. The third kappa shape index (κ3) is 4.05. The van der Waals surface area contributed by atoms with E-state index in [4.69, 9.17) is 11.1 Å². The van der Waals surface area contributed by atoms with Crippen LogP contribution in [-0.4, -0.2) is 18.1 Å². The Morgan fingerprint density at radius 1 is 1.07 bits per heavy atom. The second-order valence-electron chi connectivity index (χ2n) is 2.49. The molecule has 0 aromatic carbocycles. The summed E-state index contributed by atoms with van der Waals surface area (Å²) in [7, 11) is 0. The fourth-order valence-electron chi connectivity index (χ4n) is 0.488. The van der Waals surface area contributed by atoms with Gasteiger partial charge in [-0.15, -0.1) is 0 Å². The third-order valence-corrected chi connectivity index (χ3v) is 1.30. The molecule has 0 unspecified atom stereocenters. The van der Waals surface area contributed by atoms with Crippen molar-refractivity contribution in [2.45, 2.75) is 12.4 Å². The minimum atomic E-state index is -5.03. The molecule has 0 heterocycles. The molecule has 0 radical (unpaired) electrons. The highest BCUT2D eigenvalue weighted by Crippen LogP contribution is 2.28. The molecule has 2 nitrogen and oxygen atoms in total. The molecule has 0 aliphatic heterocycles. The van der Waals surface area contributed by atoms with Crippen LogP contribution in [0.15, 0.2) is 23.9 Å². The first kappa shape index (κ1) is 13.5. The lowest BCUT2D eigenvalue weighted by molar-refractivity contribution is -0.0891. The lowest BCUT2D eigenvalue weighted by Crippen LogP contribution is -2.23. The SMILES string of the molecule is C=C(/C(N)=C/C(=N)C(F)(F)F)C(F)(F)F. The van der Waals surface area contributed by atoms with E-state index in [1.807, 2.05) is 0 Å². The minimum Gasteiger partial charge on any atom is -0.398 e. The number of nitrogens with one attached hydrogen (secondary N) is 1. The molecule has 0 spiro atoms. The van der Waals surface area contributed by atoms with Crippen molar-refractivity contribution in [3.05, 3.63) is 23.9 Å². The van der Waals surface area contributed by atoms with Crippen LogP contribution in [0.1, 0.15) is 0 Å². The minimum absolute atomic E-state index is 0.129. The normalized spacial score (nSPS) is 13.9. The molecule has 0 rings (SSSR count). The van der Waals surface area contributed by atoms with Gasteiger partial charge in [-0.2, -0.15) is 26.3 Å². The summed E-state index contributed by atoms with van der Waals surface area (Å²) in [5, 5.41) is 6.38. The van der Waals surface area contributed by atoms with E-state index in [-0.39, 0.29) is 6.08 Å². The van der Waals surface area contributed by atoms with Gasteiger partial charge in [-0.1, -0.05) is 6.58 Å². The number of allylic oxidation sites excluding steroid dienone is 2. The van der Waals surface area contributed by atoms with Crippen molar-refractivity contribution in [3.63, 3.8) is 0 Å². The van der Waals surface area contributed by atoms with E-state index in [1.54, 1.807) is 0 Å². The van der Waals surface area contributed by atoms with Gasteiger partial charge in [0.1, 0.15) is 5.71 Å². The second kappa shape index (κ2) is 3.95. The molecule has 3 N–H and O–H groups in total. The van der Waals surface area contributed by atoms with Crippen molar-refractivity contribution < 1.29 is 26.3 Å². The number of nitrogens with two attached hydrogens (primary N) is 1. The molecule has 0 saturated carbocycles. The fourth-order valence-corrected chi connectivity index (χ4v) is 0.488. The maximum atomic E-state index is 11.9. The molecule has 0 aliphatic carbocycles. The summed E-state index contributed by atoms with van der Waals surface area (Å²) < 4.78 is 70.8. The third-order valence-electron chi connectivity index (χ3n) is 1.30. The molecule has 0 bridgehead atoms. The Balaban J connectivity index is 4.89. The predicted molar refractivity (Wildman–Crippen MR) is 41.2 cm³/mol. The largest absolute Gasteiger partial charge is 0.432 e. The topological polar surface area (TPSA) is 49.9 Å². The van der Waals surface area contributed by atoms with Gasteiger partial charge in [0.25, 0.3) is 0 Å². The zero-order chi connectivity index (χ0) is 12.4. The molecule has 0 aromatic rings. The maximum absolute atomic E-state index is 11.9. The number of alkyl halides is 6. The lowest BCUT2D eigenvalue weighted by atomic mass is 10.1. The van der Waals surface area contributed by atoms with Crippen LogP contribution < -0.4 is 5.73 Å². The summed E-state index contributed by atoms with van der Waals surface area (Å²) >= 11 is 0. The summed E-state index contributed by atoms with van der Waals surface area (Å²) in [6.45, 7) is 2.48. The monoisotopic (exact) mass is 232 g/mol. The van der Waals surface area contributed by atoms with Crippen LogP contribution in [0.25, 0.3) is 0 Å². The first-order chi connectivity index (χ1) is 6.46. The van der Waals surface area contributed by atoms with Gasteiger partial charge in [0, 0.05) is 5.70 Å². The van der Waals surface area contributed by atoms with Crippen LogP contribution in [0.3, 0.4) is 0 Å². The van der Waals surface area contributed by atoms with Gasteiger partial charge in [-0.3, -0.25) is 5.41 Å². The second-order valence-corrected chi connectivity index (χ2v) is 2.49. The van der Waals surface area contributed by atoms with E-state index in [0.29, 0.717) is 0 Å². The molecule has 86 valence electrons. The Morgan fingerprint density at radius 2 is 1.47 bits per heavy atom. The van der Waals surface area contributed by atoms with Gasteiger partial charge in [-0.25, -0.2) is 0 Å². The smallest absolute Gasteiger partial charge is 0.398 e. The average Bonchev–Trinajstić information content (AvgIpc) is 1.99. The van der Waals surface area contributed by atoms with Crippen molar-refractivity contribution in [3.8, 4) is 0 Å². The molecule has 0 aromatic heterocycles. The highest BCUT2D eigenvalue weighted by molar-refractivity contribution is 5.97. The van der Waals surface area contributed by atoms with Gasteiger partial charge in [-0.05, 0) is 6.08 Å². The summed E-state index contributed by atoms with van der Waals surface area (Å²) in [4.78, 5) is 0. The Kier molecular flexibility index (Phi) is 3.56. The fraction of sp³-hybridized carbons (Fsp3) is 0.286. The van der Waals surface area contributed by atoms with Crippen LogP contribution in [0.5, 0.6) is 0 Å². The Hall–Kier alpha value is -1.47. The summed E-state index contributed by atoms with van der Waals surface area (Å²) in [6.07, 6.45) is -10.1. The molecular weight excluding hydrogens is 226 g/mol. The highest BCUT2D eigenvalue weighted by atomic mass is 19.4. The summed E-state index contributed by atoms with van der Waals surface area (Å²) in [5.74, 6) is 0. The molecule has 8 heteroatoms. The van der Waals surface area contributed by atoms with Gasteiger partial charge >= 0.3 is 12.4 Å². The molecule has 0 aliphatic rings. The van der Waals surface area contributed by atoms with Crippen molar-refractivity contribution in [2.24, 2.45) is 5.73 Å². The van der Waals surface area contributed by atoms with Crippen LogP contribution in [0.4, 0.5) is 26.3 Å². The Bertz CT molecular complexity index is 308. The van der Waals surface area contributed by atoms with Gasteiger partial charge in [0.2, 0.25) is 0 Å². The van der Waals surface area contributed by atoms with Crippen LogP contribution in [0.2, 0.25) is 0 Å². The molecular formula is C7H6F6N2. The summed E-state index contributed by atoms with van der Waals surface area (Å²) in [5.41, 5.74) is -0.112. The highest BCUT2D eigenvalue weighted by Gasteiger charge is 2.36. The van der Waals surface area contributed by atoms with Gasteiger partial charge < -0.3 is 5.73 Å². The van der Waals surface area contributed by atoms with Crippen LogP contribution in [-0.2, 0) is 0 Å². The van der Waals surface area contributed by atoms with E-state index >= 15 is 0 Å². The number of rotatable bonds is 2. The van der Waals surface area contributed by atoms with Crippen molar-refractivity contribution >= 4 is 5.71 Å². The van der Waals surface area contributed by atoms with E-state index in [0.717, 1.165) is 0 Å². The molecule has 0 saturated heterocycles. The molecule has 0 fully saturated rings. The van der Waals surface area contributed by atoms with Crippen LogP contribution >= 0.6 is 0 Å². The maximum Gasteiger partial charge on any atom is 0.432 e. The Labute approximate surface area is 80.6 Å². The van der Waals surface area contributed by atoms with E-state index in [9.17, 15) is 26.3 Å². The first-order valence-corrected chi connectivity index (χ1v) is 3.35. The van der Waals surface area contributed by atoms with E-state index < -0.39 is 29.3 Å². The number of halogens is 6. The van der Waals surface area contributed by atoms with Gasteiger partial charge in [0.15, 0.2) is 0 Å². The van der Waals surface area contributed by atoms with Gasteiger partial charge in [0.05, 0.1) is 5.57 Å². The molecule has 0 amide bonds. The predicted octanol–water partition coefficient (Wildman–Crippen LogP) is 2.53. The standard InChI is InChI=1S/C7H6F6N2/c1-3(6(8,9)10)4(14)2-5(15)7(11,12)13/h2,15H,1,14H2/b4-2-,15-5?. The first-order valence-electron chi connectivity index (χ1n) is 3.35. The van der Waals surface area contributed by atoms with Crippen LogP contribution in [0, 0.1) is 5.41 Å². The lowest BCUT2D eigenvalue weighted by Gasteiger charge is -2.11. The zero-order valence-electron chi connectivity index (χ0n) is 7.13. The number of hydrogen-bond donors (Lipinski definition) is 2. The Morgan fingerprint density at radius 3 is 1.73 bits per heavy atom. The molecule has 15 heavy (non-hydrogen) atoms. The van der Waals surface area contributed by atoms with Crippen molar-refractivity contribution in [1.82, 2.24) is 0 Å². The van der Waals surface area contributed by atoms with E-state index in [2.05, 4.69) is 6.58 Å². The molecule has 0 atom stereocenters. The van der Waals surface area contributed by atoms with Crippen molar-refractivity contribution in [1.29, 1.82) is 5.41 Å². The van der Waals surface area contributed by atoms with Crippen molar-refractivity contribution in [2.75, 3.05) is 0 Å². The number of hydrogen-bond acceptors (Lipinski definition) is 2.